The highest BCUT2D eigenvalue weighted by Gasteiger charge is 2.44. The lowest BCUT2D eigenvalue weighted by atomic mass is 9.91. The Morgan fingerprint density at radius 2 is 2.17 bits per heavy atom. The number of hydrogen-bond acceptors (Lipinski definition) is 5. The third-order valence-corrected chi connectivity index (χ3v) is 5.29. The van der Waals surface area contributed by atoms with Crippen LogP contribution in [0, 0.1) is 0 Å². The van der Waals surface area contributed by atoms with Crippen molar-refractivity contribution in [2.75, 3.05) is 53.4 Å². The van der Waals surface area contributed by atoms with Crippen molar-refractivity contribution in [1.82, 2.24) is 15.1 Å². The summed E-state index contributed by atoms with van der Waals surface area (Å²) in [7, 11) is 3.52. The lowest BCUT2D eigenvalue weighted by molar-refractivity contribution is -0.136. The number of likely N-dealkylation sites (N-methyl/N-ethyl adjacent to an activating group) is 1. The molecule has 0 spiro atoms. The van der Waals surface area contributed by atoms with Crippen LogP contribution in [0.1, 0.15) is 17.5 Å². The first-order valence-electron chi connectivity index (χ1n) is 8.70. The number of amides is 1. The number of ether oxygens (including phenoxy) is 1. The molecule has 132 valence electrons. The average Bonchev–Trinajstić information content (AvgIpc) is 2.98. The number of carbonyl (C=O) groups excluding carboxylic acids is 1. The van der Waals surface area contributed by atoms with Gasteiger partial charge in [0.1, 0.15) is 11.3 Å². The molecule has 1 heterocycles. The highest BCUT2D eigenvalue weighted by atomic mass is 16.5. The van der Waals surface area contributed by atoms with Crippen LogP contribution in [0.5, 0.6) is 5.75 Å². The standard InChI is InChI=1S/C18H28N4O2/c1-21(12-13-22-10-8-20-9-11-22)17(23)18(19)7-6-14-15(18)4-3-5-16(14)24-2/h3-5,20H,6-13,19H2,1-2H3. The van der Waals surface area contributed by atoms with E-state index in [1.54, 1.807) is 12.0 Å². The maximum atomic E-state index is 13.0. The van der Waals surface area contributed by atoms with E-state index in [-0.39, 0.29) is 5.91 Å². The van der Waals surface area contributed by atoms with Gasteiger partial charge < -0.3 is 20.7 Å². The Labute approximate surface area is 143 Å². The van der Waals surface area contributed by atoms with Gasteiger partial charge in [0.25, 0.3) is 0 Å². The van der Waals surface area contributed by atoms with Crippen molar-refractivity contribution in [3.05, 3.63) is 29.3 Å². The number of benzene rings is 1. The average molecular weight is 332 g/mol. The second kappa shape index (κ2) is 7.09. The van der Waals surface area contributed by atoms with Crippen LogP contribution < -0.4 is 15.8 Å². The molecule has 6 heteroatoms. The van der Waals surface area contributed by atoms with Crippen LogP contribution in [0.15, 0.2) is 18.2 Å². The molecule has 1 atom stereocenters. The summed E-state index contributed by atoms with van der Waals surface area (Å²) in [4.78, 5) is 17.2. The van der Waals surface area contributed by atoms with Crippen LogP contribution in [0.2, 0.25) is 0 Å². The monoisotopic (exact) mass is 332 g/mol. The highest BCUT2D eigenvalue weighted by molar-refractivity contribution is 5.89. The number of nitrogens with one attached hydrogen (secondary N) is 1. The van der Waals surface area contributed by atoms with Crippen LogP contribution in [-0.4, -0.2) is 69.1 Å². The fraction of sp³-hybridized carbons (Fsp3) is 0.611. The summed E-state index contributed by atoms with van der Waals surface area (Å²) in [6.07, 6.45) is 1.42. The van der Waals surface area contributed by atoms with E-state index in [0.29, 0.717) is 13.0 Å². The summed E-state index contributed by atoms with van der Waals surface area (Å²) in [5.41, 5.74) is 7.64. The molecule has 1 amide bonds. The van der Waals surface area contributed by atoms with Gasteiger partial charge in [-0.1, -0.05) is 12.1 Å². The minimum atomic E-state index is -0.928. The molecule has 1 aromatic carbocycles. The van der Waals surface area contributed by atoms with E-state index in [9.17, 15) is 4.79 Å². The maximum Gasteiger partial charge on any atom is 0.247 e. The summed E-state index contributed by atoms with van der Waals surface area (Å²) in [5.74, 6) is 0.834. The molecule has 1 aliphatic heterocycles. The molecule has 0 radical (unpaired) electrons. The summed E-state index contributed by atoms with van der Waals surface area (Å²) < 4.78 is 5.42. The molecular weight excluding hydrogens is 304 g/mol. The Morgan fingerprint density at radius 1 is 1.42 bits per heavy atom. The van der Waals surface area contributed by atoms with E-state index in [2.05, 4.69) is 10.2 Å². The Balaban J connectivity index is 1.68. The van der Waals surface area contributed by atoms with Gasteiger partial charge in [0, 0.05) is 46.3 Å². The molecule has 1 aromatic rings. The quantitative estimate of drug-likeness (QED) is 0.804. The van der Waals surface area contributed by atoms with Crippen molar-refractivity contribution in [2.24, 2.45) is 5.73 Å². The molecule has 24 heavy (non-hydrogen) atoms. The van der Waals surface area contributed by atoms with Crippen LogP contribution in [0.25, 0.3) is 0 Å². The molecule has 0 saturated carbocycles. The van der Waals surface area contributed by atoms with Crippen LogP contribution in [-0.2, 0) is 16.8 Å². The van der Waals surface area contributed by atoms with Gasteiger partial charge in [-0.3, -0.25) is 9.69 Å². The maximum absolute atomic E-state index is 13.0. The Kier molecular flexibility index (Phi) is 5.08. The molecule has 0 bridgehead atoms. The van der Waals surface area contributed by atoms with E-state index in [0.717, 1.165) is 56.0 Å². The van der Waals surface area contributed by atoms with Crippen molar-refractivity contribution >= 4 is 5.91 Å². The zero-order valence-electron chi connectivity index (χ0n) is 14.7. The highest BCUT2D eigenvalue weighted by Crippen LogP contribution is 2.40. The largest absolute Gasteiger partial charge is 0.496 e. The van der Waals surface area contributed by atoms with Crippen molar-refractivity contribution in [2.45, 2.75) is 18.4 Å². The van der Waals surface area contributed by atoms with Crippen molar-refractivity contribution in [3.63, 3.8) is 0 Å². The zero-order chi connectivity index (χ0) is 17.2. The van der Waals surface area contributed by atoms with Gasteiger partial charge in [0.05, 0.1) is 7.11 Å². The number of methoxy groups -OCH3 is 1. The second-order valence-electron chi connectivity index (χ2n) is 6.78. The third kappa shape index (κ3) is 3.14. The Morgan fingerprint density at radius 3 is 2.88 bits per heavy atom. The molecule has 3 N–H and O–H groups in total. The number of hydrogen-bond donors (Lipinski definition) is 2. The number of fused-ring (bicyclic) bond motifs is 1. The lowest BCUT2D eigenvalue weighted by Crippen LogP contribution is -2.52. The Hall–Kier alpha value is -1.63. The molecule has 2 aliphatic rings. The van der Waals surface area contributed by atoms with E-state index in [1.165, 1.54) is 0 Å². The summed E-state index contributed by atoms with van der Waals surface area (Å²) in [6.45, 7) is 5.71. The van der Waals surface area contributed by atoms with E-state index in [1.807, 2.05) is 25.2 Å². The molecule has 1 unspecified atom stereocenters. The van der Waals surface area contributed by atoms with Gasteiger partial charge in [0.2, 0.25) is 5.91 Å². The van der Waals surface area contributed by atoms with Crippen molar-refractivity contribution in [1.29, 1.82) is 0 Å². The minimum absolute atomic E-state index is 0.00429. The fourth-order valence-electron chi connectivity index (χ4n) is 3.78. The van der Waals surface area contributed by atoms with E-state index in [4.69, 9.17) is 10.5 Å². The molecule has 0 aromatic heterocycles. The molecule has 6 nitrogen and oxygen atoms in total. The van der Waals surface area contributed by atoms with Crippen LogP contribution >= 0.6 is 0 Å². The van der Waals surface area contributed by atoms with Crippen LogP contribution in [0.3, 0.4) is 0 Å². The van der Waals surface area contributed by atoms with Gasteiger partial charge in [-0.15, -0.1) is 0 Å². The Bertz CT molecular complexity index is 601. The molecule has 1 saturated heterocycles. The molecule has 3 rings (SSSR count). The number of nitrogens with two attached hydrogens (primary N) is 1. The third-order valence-electron chi connectivity index (χ3n) is 5.29. The van der Waals surface area contributed by atoms with Gasteiger partial charge in [-0.2, -0.15) is 0 Å². The van der Waals surface area contributed by atoms with Crippen molar-refractivity contribution in [3.8, 4) is 5.75 Å². The second-order valence-corrected chi connectivity index (χ2v) is 6.78. The van der Waals surface area contributed by atoms with Gasteiger partial charge >= 0.3 is 0 Å². The number of nitrogens with zero attached hydrogens (tertiary/aromatic N) is 2. The number of rotatable bonds is 5. The lowest BCUT2D eigenvalue weighted by Gasteiger charge is -2.33. The molecule has 1 fully saturated rings. The first-order chi connectivity index (χ1) is 11.6. The first-order valence-corrected chi connectivity index (χ1v) is 8.70. The summed E-state index contributed by atoms with van der Waals surface area (Å²) >= 11 is 0. The number of piperazine rings is 1. The molecular formula is C18H28N4O2. The normalized spacial score (nSPS) is 23.8. The smallest absolute Gasteiger partial charge is 0.247 e. The first kappa shape index (κ1) is 17.2. The van der Waals surface area contributed by atoms with Gasteiger partial charge in [-0.05, 0) is 30.0 Å². The predicted molar refractivity (Wildman–Crippen MR) is 94.1 cm³/mol. The van der Waals surface area contributed by atoms with Gasteiger partial charge in [-0.25, -0.2) is 0 Å². The van der Waals surface area contributed by atoms with E-state index < -0.39 is 5.54 Å². The SMILES string of the molecule is COc1cccc2c1CCC2(N)C(=O)N(C)CCN1CCNCC1. The number of carbonyl (C=O) groups is 1. The fourth-order valence-corrected chi connectivity index (χ4v) is 3.78. The predicted octanol–water partition coefficient (Wildman–Crippen LogP) is 0.159. The topological polar surface area (TPSA) is 70.8 Å². The summed E-state index contributed by atoms with van der Waals surface area (Å²) in [5, 5.41) is 3.34. The van der Waals surface area contributed by atoms with Crippen molar-refractivity contribution < 1.29 is 9.53 Å². The van der Waals surface area contributed by atoms with Gasteiger partial charge in [0.15, 0.2) is 0 Å². The van der Waals surface area contributed by atoms with E-state index >= 15 is 0 Å². The summed E-state index contributed by atoms with van der Waals surface area (Å²) in [6, 6.07) is 5.81. The molecule has 1 aliphatic carbocycles. The minimum Gasteiger partial charge on any atom is -0.496 e. The van der Waals surface area contributed by atoms with Crippen LogP contribution in [0.4, 0.5) is 0 Å². The zero-order valence-corrected chi connectivity index (χ0v) is 14.7.